The molecule has 0 radical (unpaired) electrons. The van der Waals surface area contributed by atoms with Crippen molar-refractivity contribution in [3.63, 3.8) is 0 Å². The lowest BCUT2D eigenvalue weighted by Gasteiger charge is -2.42. The van der Waals surface area contributed by atoms with Crippen molar-refractivity contribution in [2.75, 3.05) is 9.80 Å². The third-order valence-corrected chi connectivity index (χ3v) is 22.5. The molecule has 89 heavy (non-hydrogen) atoms. The Labute approximate surface area is 534 Å². The average Bonchev–Trinajstić information content (AvgIpc) is 1.57. The number of benzene rings is 13. The molecule has 2 aliphatic carbocycles. The van der Waals surface area contributed by atoms with Crippen molar-refractivity contribution in [2.24, 2.45) is 0 Å². The van der Waals surface area contributed by atoms with Crippen LogP contribution in [0, 0.1) is 0 Å². The van der Waals surface area contributed by atoms with Gasteiger partial charge in [0.25, 0.3) is 0 Å². The van der Waals surface area contributed by atoms with Gasteiger partial charge < -0.3 is 9.80 Å². The number of allylic oxidation sites excluding steroid dienone is 4. The monoisotopic (exact) mass is 1210 g/mol. The highest BCUT2D eigenvalue weighted by Gasteiger charge is 2.51. The maximum atomic E-state index is 7.38. The topological polar surface area (TPSA) is 6.48 Å². The third-order valence-electron chi connectivity index (χ3n) is 18.6. The molecule has 1 aliphatic heterocycles. The summed E-state index contributed by atoms with van der Waals surface area (Å²) in [5, 5.41) is 8.15. The largest absolute Gasteiger partial charge is 0.312 e. The van der Waals surface area contributed by atoms with Crippen LogP contribution in [0.15, 0.2) is 313 Å². The van der Waals surface area contributed by atoms with Crippen molar-refractivity contribution >= 4 is 126 Å². The van der Waals surface area contributed by atoms with Gasteiger partial charge in [-0.05, 0) is 170 Å². The molecule has 13 aromatic carbocycles. The predicted octanol–water partition coefficient (Wildman–Crippen LogP) is 24.9. The van der Waals surface area contributed by atoms with Gasteiger partial charge in [-0.15, -0.1) is 22.7 Å². The first-order chi connectivity index (χ1) is 44.0. The molecule has 2 aromatic heterocycles. The summed E-state index contributed by atoms with van der Waals surface area (Å²) in [7, 11) is 0. The van der Waals surface area contributed by atoms with Crippen LogP contribution >= 0.6 is 46.0 Å². The molecular formula is C83H53ClN2S3. The lowest BCUT2D eigenvalue weighted by molar-refractivity contribution is 0.721. The lowest BCUT2D eigenvalue weighted by Crippen LogP contribution is -2.33. The maximum Gasteiger partial charge on any atom is 0.0737 e. The number of nitrogens with zero attached hydrogens (tertiary/aromatic N) is 2. The van der Waals surface area contributed by atoms with Gasteiger partial charge in [-0.3, -0.25) is 0 Å². The zero-order valence-corrected chi connectivity index (χ0v) is 51.4. The Morgan fingerprint density at radius 3 is 1.87 bits per heavy atom. The molecular weight excluding hydrogens is 1160 g/mol. The SMILES string of the molecule is Clc1ccc2c(c1)C1(c3cc(N(c4ccc5ccccc5c4)c4cc(-c5ccc(-c6ccccc6)cc5)c5sc6ccccc6c5c4)ccc3Sc3c(N(C4=CC=CCC4)c4ccc(-c5ccccc5)c5sc6ccccc6c45)cccc31)c1ccccc1-2. The number of halogens is 1. The van der Waals surface area contributed by atoms with Gasteiger partial charge in [-0.1, -0.05) is 236 Å². The van der Waals surface area contributed by atoms with Gasteiger partial charge in [0.2, 0.25) is 0 Å². The van der Waals surface area contributed by atoms with Crippen LogP contribution in [0.25, 0.3) is 95.6 Å². The smallest absolute Gasteiger partial charge is 0.0737 e. The number of hydrogen-bond acceptors (Lipinski definition) is 5. The minimum atomic E-state index is -0.777. The van der Waals surface area contributed by atoms with Crippen molar-refractivity contribution in [1.82, 2.24) is 0 Å². The van der Waals surface area contributed by atoms with Crippen LogP contribution in [0.5, 0.6) is 0 Å². The highest BCUT2D eigenvalue weighted by atomic mass is 35.5. The Kier molecular flexibility index (Phi) is 12.4. The van der Waals surface area contributed by atoms with E-state index in [1.54, 1.807) is 0 Å². The van der Waals surface area contributed by atoms with E-state index >= 15 is 0 Å². The first-order valence-corrected chi connectivity index (χ1v) is 33.3. The summed E-state index contributed by atoms with van der Waals surface area (Å²) in [5.74, 6) is 0. The normalized spacial score (nSPS) is 14.7. The number of rotatable bonds is 9. The summed E-state index contributed by atoms with van der Waals surface area (Å²) in [6.45, 7) is 0. The van der Waals surface area contributed by atoms with Gasteiger partial charge in [0.15, 0.2) is 0 Å². The fourth-order valence-corrected chi connectivity index (χ4v) is 18.6. The van der Waals surface area contributed by atoms with E-state index in [0.717, 1.165) is 29.9 Å². The molecule has 3 heterocycles. The number of fused-ring (bicyclic) bond motifs is 16. The molecule has 0 saturated heterocycles. The zero-order valence-electron chi connectivity index (χ0n) is 48.2. The van der Waals surface area contributed by atoms with Gasteiger partial charge >= 0.3 is 0 Å². The summed E-state index contributed by atoms with van der Waals surface area (Å²) < 4.78 is 5.12. The summed E-state index contributed by atoms with van der Waals surface area (Å²) >= 11 is 13.1. The van der Waals surface area contributed by atoms with E-state index in [1.165, 1.54) is 145 Å². The fourth-order valence-electron chi connectivity index (χ4n) is 14.7. The van der Waals surface area contributed by atoms with Crippen LogP contribution in [0.3, 0.4) is 0 Å². The average molecular weight is 1210 g/mol. The molecule has 6 heteroatoms. The van der Waals surface area contributed by atoms with Crippen LogP contribution in [-0.4, -0.2) is 0 Å². The molecule has 0 amide bonds. The molecule has 0 N–H and O–H groups in total. The molecule has 1 atom stereocenters. The summed E-state index contributed by atoms with van der Waals surface area (Å²) in [5.41, 5.74) is 20.7. The summed E-state index contributed by atoms with van der Waals surface area (Å²) in [6, 6.07) is 104. The van der Waals surface area contributed by atoms with Crippen molar-refractivity contribution < 1.29 is 0 Å². The number of hydrogen-bond donors (Lipinski definition) is 0. The van der Waals surface area contributed by atoms with Crippen molar-refractivity contribution in [2.45, 2.75) is 28.0 Å². The lowest BCUT2D eigenvalue weighted by atomic mass is 9.67. The summed E-state index contributed by atoms with van der Waals surface area (Å²) in [6.07, 6.45) is 8.76. The van der Waals surface area contributed by atoms with Gasteiger partial charge in [-0.2, -0.15) is 0 Å². The van der Waals surface area contributed by atoms with Gasteiger partial charge in [0, 0.05) is 83.5 Å². The summed E-state index contributed by atoms with van der Waals surface area (Å²) in [4.78, 5) is 7.58. The second-order valence-electron chi connectivity index (χ2n) is 23.5. The first-order valence-electron chi connectivity index (χ1n) is 30.4. The van der Waals surface area contributed by atoms with E-state index in [2.05, 4.69) is 307 Å². The molecule has 0 bridgehead atoms. The zero-order chi connectivity index (χ0) is 58.7. The van der Waals surface area contributed by atoms with Crippen molar-refractivity contribution in [3.8, 4) is 44.5 Å². The van der Waals surface area contributed by atoms with Gasteiger partial charge in [0.1, 0.15) is 0 Å². The molecule has 1 unspecified atom stereocenters. The Morgan fingerprint density at radius 2 is 1.03 bits per heavy atom. The van der Waals surface area contributed by atoms with Crippen LogP contribution < -0.4 is 9.80 Å². The van der Waals surface area contributed by atoms with Crippen LogP contribution in [-0.2, 0) is 5.41 Å². The molecule has 0 fully saturated rings. The standard InChI is InChI=1S/C83H53ClN2S3/c84-58-40-43-65-64-27-12-15-30-70(64)83(72(65)48-58)71-31-18-32-75(86(59-25-8-3-9-26-59)74-45-44-63(55-22-6-2-7-23-55)81-79(74)67-29-14-17-34-77(67)88-81)82(71)89-78-46-42-61(51-73(78)83)85(60-41-39-53-21-10-11-24-57(53)47-60)62-49-68(80-69(50-62)66-28-13-16-33-76(66)87-80)56-37-35-54(36-38-56)52-19-4-1-5-20-52/h1-8,10-25,27-51H,9,26H2. The second-order valence-corrected chi connectivity index (χ2v) is 27.1. The Bertz CT molecular complexity index is 5450. The van der Waals surface area contributed by atoms with E-state index in [9.17, 15) is 0 Å². The Morgan fingerprint density at radius 1 is 0.382 bits per heavy atom. The van der Waals surface area contributed by atoms with Crippen LogP contribution in [0.2, 0.25) is 5.02 Å². The molecule has 420 valence electrons. The molecule has 2 nitrogen and oxygen atoms in total. The molecule has 1 spiro atoms. The first kappa shape index (κ1) is 52.4. The second kappa shape index (κ2) is 21.0. The van der Waals surface area contributed by atoms with Crippen molar-refractivity contribution in [1.29, 1.82) is 0 Å². The molecule has 3 aliphatic rings. The third kappa shape index (κ3) is 8.30. The number of thiophene rings is 2. The van der Waals surface area contributed by atoms with Gasteiger partial charge in [0.05, 0.1) is 16.8 Å². The minimum Gasteiger partial charge on any atom is -0.312 e. The van der Waals surface area contributed by atoms with E-state index in [0.29, 0.717) is 5.02 Å². The van der Waals surface area contributed by atoms with E-state index in [-0.39, 0.29) is 0 Å². The van der Waals surface area contributed by atoms with E-state index in [1.807, 2.05) is 34.4 Å². The van der Waals surface area contributed by atoms with E-state index in [4.69, 9.17) is 11.6 Å². The van der Waals surface area contributed by atoms with Gasteiger partial charge in [-0.25, -0.2) is 0 Å². The van der Waals surface area contributed by atoms with E-state index < -0.39 is 5.41 Å². The predicted molar refractivity (Wildman–Crippen MR) is 382 cm³/mol. The minimum absolute atomic E-state index is 0.717. The van der Waals surface area contributed by atoms with Crippen LogP contribution in [0.4, 0.5) is 28.4 Å². The number of anilines is 5. The molecule has 15 aromatic rings. The molecule has 18 rings (SSSR count). The quantitative estimate of drug-likeness (QED) is 0.142. The molecule has 0 saturated carbocycles. The highest BCUT2D eigenvalue weighted by molar-refractivity contribution is 7.99. The Hall–Kier alpha value is -9.72. The van der Waals surface area contributed by atoms with Crippen molar-refractivity contribution in [3.05, 3.63) is 330 Å². The fraction of sp³-hybridized carbons (Fsp3) is 0.0361. The maximum absolute atomic E-state index is 7.38. The van der Waals surface area contributed by atoms with Crippen LogP contribution in [0.1, 0.15) is 35.1 Å². The highest BCUT2D eigenvalue weighted by Crippen LogP contribution is 2.65. The Balaban J connectivity index is 0.892.